The van der Waals surface area contributed by atoms with Gasteiger partial charge in [0, 0.05) is 25.6 Å². The Hall–Kier alpha value is -2.42. The summed E-state index contributed by atoms with van der Waals surface area (Å²) >= 11 is 1.56. The second kappa shape index (κ2) is 9.33. The molecule has 2 aromatic rings. The molecule has 140 valence electrons. The molecule has 0 unspecified atom stereocenters. The molecule has 1 aromatic carbocycles. The van der Waals surface area contributed by atoms with Gasteiger partial charge in [-0.05, 0) is 24.7 Å². The van der Waals surface area contributed by atoms with Crippen LogP contribution >= 0.6 is 11.8 Å². The van der Waals surface area contributed by atoms with Crippen LogP contribution in [0.5, 0.6) is 0 Å². The number of aromatic nitrogens is 3. The maximum Gasteiger partial charge on any atom is 0.282 e. The predicted molar refractivity (Wildman–Crippen MR) is 100 cm³/mol. The van der Waals surface area contributed by atoms with Crippen molar-refractivity contribution in [2.24, 2.45) is 5.92 Å². The first-order valence-corrected chi connectivity index (χ1v) is 9.64. The van der Waals surface area contributed by atoms with Gasteiger partial charge in [0.2, 0.25) is 0 Å². The number of rotatable bonds is 9. The highest BCUT2D eigenvalue weighted by molar-refractivity contribution is 7.98. The summed E-state index contributed by atoms with van der Waals surface area (Å²) < 4.78 is 2.11. The molecule has 0 spiro atoms. The smallest absolute Gasteiger partial charge is 0.282 e. The molecule has 0 radical (unpaired) electrons. The van der Waals surface area contributed by atoms with Crippen LogP contribution in [0.1, 0.15) is 36.5 Å². The molecule has 0 saturated carbocycles. The van der Waals surface area contributed by atoms with Crippen LogP contribution in [0.15, 0.2) is 29.4 Å². The second-order valence-electron chi connectivity index (χ2n) is 6.24. The normalized spacial score (nSPS) is 10.9. The third kappa shape index (κ3) is 5.04. The Labute approximate surface area is 156 Å². The summed E-state index contributed by atoms with van der Waals surface area (Å²) in [6.45, 7) is 5.54. The van der Waals surface area contributed by atoms with E-state index in [0.29, 0.717) is 25.3 Å². The number of nitro groups is 1. The van der Waals surface area contributed by atoms with Gasteiger partial charge in [-0.25, -0.2) is 0 Å². The molecule has 1 N–H and O–H groups in total. The van der Waals surface area contributed by atoms with Gasteiger partial charge in [0.15, 0.2) is 5.16 Å². The SMILES string of the molecule is CSc1nnc(CCCNC(=O)c2ccccc2[N+](=O)[O-])n1CC(C)C. The number of para-hydroxylation sites is 1. The van der Waals surface area contributed by atoms with E-state index in [1.54, 1.807) is 23.9 Å². The van der Waals surface area contributed by atoms with Crippen LogP contribution in [0.4, 0.5) is 5.69 Å². The van der Waals surface area contributed by atoms with Gasteiger partial charge >= 0.3 is 0 Å². The first-order valence-electron chi connectivity index (χ1n) is 8.41. The summed E-state index contributed by atoms with van der Waals surface area (Å²) in [5.41, 5.74) is -0.114. The molecule has 0 fully saturated rings. The lowest BCUT2D eigenvalue weighted by Crippen LogP contribution is -2.25. The van der Waals surface area contributed by atoms with Crippen LogP contribution < -0.4 is 5.32 Å². The zero-order valence-corrected chi connectivity index (χ0v) is 16.0. The summed E-state index contributed by atoms with van der Waals surface area (Å²) in [5, 5.41) is 23.1. The molecule has 0 saturated heterocycles. The highest BCUT2D eigenvalue weighted by atomic mass is 32.2. The summed E-state index contributed by atoms with van der Waals surface area (Å²) in [6.07, 6.45) is 3.33. The number of nitrogens with one attached hydrogen (secondary N) is 1. The van der Waals surface area contributed by atoms with Gasteiger partial charge in [0.05, 0.1) is 4.92 Å². The Morgan fingerprint density at radius 3 is 2.73 bits per heavy atom. The fourth-order valence-electron chi connectivity index (χ4n) is 2.57. The third-order valence-corrected chi connectivity index (χ3v) is 4.40. The highest BCUT2D eigenvalue weighted by Gasteiger charge is 2.19. The number of benzene rings is 1. The minimum absolute atomic E-state index is 0.0742. The Balaban J connectivity index is 1.92. The number of carbonyl (C=O) groups excluding carboxylic acids is 1. The van der Waals surface area contributed by atoms with E-state index < -0.39 is 10.8 Å². The molecule has 9 heteroatoms. The lowest BCUT2D eigenvalue weighted by molar-refractivity contribution is -0.385. The van der Waals surface area contributed by atoms with Gasteiger partial charge < -0.3 is 9.88 Å². The first kappa shape index (κ1) is 19.9. The summed E-state index contributed by atoms with van der Waals surface area (Å²) in [5.74, 6) is 0.933. The number of nitro benzene ring substituents is 1. The fourth-order valence-corrected chi connectivity index (χ4v) is 3.09. The van der Waals surface area contributed by atoms with E-state index in [1.165, 1.54) is 12.1 Å². The molecule has 26 heavy (non-hydrogen) atoms. The number of carbonyl (C=O) groups is 1. The van der Waals surface area contributed by atoms with Crippen molar-refractivity contribution in [2.75, 3.05) is 12.8 Å². The molecule has 0 aliphatic rings. The maximum absolute atomic E-state index is 12.2. The van der Waals surface area contributed by atoms with Crippen molar-refractivity contribution < 1.29 is 9.72 Å². The van der Waals surface area contributed by atoms with Crippen LogP contribution in [0.3, 0.4) is 0 Å². The molecule has 1 amide bonds. The molecule has 8 nitrogen and oxygen atoms in total. The second-order valence-corrected chi connectivity index (χ2v) is 7.01. The lowest BCUT2D eigenvalue weighted by Gasteiger charge is -2.11. The van der Waals surface area contributed by atoms with E-state index in [1.807, 2.05) is 6.26 Å². The van der Waals surface area contributed by atoms with Gasteiger partial charge in [0.25, 0.3) is 11.6 Å². The third-order valence-electron chi connectivity index (χ3n) is 3.73. The van der Waals surface area contributed by atoms with Crippen LogP contribution in [0.2, 0.25) is 0 Å². The lowest BCUT2D eigenvalue weighted by atomic mass is 10.1. The molecule has 2 rings (SSSR count). The van der Waals surface area contributed by atoms with Gasteiger partial charge in [-0.15, -0.1) is 10.2 Å². The van der Waals surface area contributed by atoms with E-state index in [0.717, 1.165) is 17.5 Å². The number of hydrogen-bond acceptors (Lipinski definition) is 6. The zero-order valence-electron chi connectivity index (χ0n) is 15.1. The minimum Gasteiger partial charge on any atom is -0.352 e. The zero-order chi connectivity index (χ0) is 19.1. The Morgan fingerprint density at radius 1 is 1.35 bits per heavy atom. The molecular formula is C17H23N5O3S. The van der Waals surface area contributed by atoms with Crippen molar-refractivity contribution in [1.29, 1.82) is 0 Å². The van der Waals surface area contributed by atoms with Gasteiger partial charge in [-0.1, -0.05) is 37.7 Å². The predicted octanol–water partition coefficient (Wildman–Crippen LogP) is 2.93. The highest BCUT2D eigenvalue weighted by Crippen LogP contribution is 2.18. The largest absolute Gasteiger partial charge is 0.352 e. The number of amides is 1. The summed E-state index contributed by atoms with van der Waals surface area (Å²) in [4.78, 5) is 22.6. The molecule has 1 aromatic heterocycles. The summed E-state index contributed by atoms with van der Waals surface area (Å²) in [7, 11) is 0. The molecular weight excluding hydrogens is 354 g/mol. The summed E-state index contributed by atoms with van der Waals surface area (Å²) in [6, 6.07) is 5.94. The van der Waals surface area contributed by atoms with Crippen LogP contribution in [-0.2, 0) is 13.0 Å². The molecule has 1 heterocycles. The molecule has 0 aliphatic carbocycles. The van der Waals surface area contributed by atoms with Crippen LogP contribution in [-0.4, -0.2) is 38.4 Å². The fraction of sp³-hybridized carbons (Fsp3) is 0.471. The maximum atomic E-state index is 12.2. The monoisotopic (exact) mass is 377 g/mol. The number of aryl methyl sites for hydroxylation is 1. The number of thioether (sulfide) groups is 1. The topological polar surface area (TPSA) is 103 Å². The molecule has 0 atom stereocenters. The van der Waals surface area contributed by atoms with Gasteiger partial charge in [0.1, 0.15) is 11.4 Å². The average Bonchev–Trinajstić information content (AvgIpc) is 2.99. The van der Waals surface area contributed by atoms with Crippen molar-refractivity contribution in [3.8, 4) is 0 Å². The van der Waals surface area contributed by atoms with Crippen LogP contribution in [0.25, 0.3) is 0 Å². The first-order chi connectivity index (χ1) is 12.4. The van der Waals surface area contributed by atoms with Crippen molar-refractivity contribution in [3.63, 3.8) is 0 Å². The Morgan fingerprint density at radius 2 is 2.08 bits per heavy atom. The van der Waals surface area contributed by atoms with E-state index in [9.17, 15) is 14.9 Å². The van der Waals surface area contributed by atoms with Crippen LogP contribution in [0, 0.1) is 16.0 Å². The van der Waals surface area contributed by atoms with Crippen molar-refractivity contribution in [2.45, 2.75) is 38.4 Å². The number of nitrogens with zero attached hydrogens (tertiary/aromatic N) is 4. The number of hydrogen-bond donors (Lipinski definition) is 1. The van der Waals surface area contributed by atoms with Crippen molar-refractivity contribution in [3.05, 3.63) is 45.8 Å². The Bertz CT molecular complexity index is 776. The van der Waals surface area contributed by atoms with Crippen molar-refractivity contribution >= 4 is 23.4 Å². The van der Waals surface area contributed by atoms with E-state index in [-0.39, 0.29) is 11.3 Å². The average molecular weight is 377 g/mol. The van der Waals surface area contributed by atoms with Crippen molar-refractivity contribution in [1.82, 2.24) is 20.1 Å². The van der Waals surface area contributed by atoms with E-state index >= 15 is 0 Å². The molecule has 0 aliphatic heterocycles. The van der Waals surface area contributed by atoms with E-state index in [2.05, 4.69) is 33.9 Å². The standard InChI is InChI=1S/C17H23N5O3S/c1-12(2)11-21-15(19-20-17(21)26-3)9-6-10-18-16(23)13-7-4-5-8-14(13)22(24)25/h4-5,7-8,12H,6,9-11H2,1-3H3,(H,18,23). The molecule has 0 bridgehead atoms. The van der Waals surface area contributed by atoms with E-state index in [4.69, 9.17) is 0 Å². The quantitative estimate of drug-likeness (QED) is 0.312. The van der Waals surface area contributed by atoms with Gasteiger partial charge in [-0.3, -0.25) is 14.9 Å². The Kier molecular flexibility index (Phi) is 7.14. The minimum atomic E-state index is -0.548. The van der Waals surface area contributed by atoms with Gasteiger partial charge in [-0.2, -0.15) is 0 Å².